The summed E-state index contributed by atoms with van der Waals surface area (Å²) in [5.41, 5.74) is 1.33. The minimum absolute atomic E-state index is 0.158. The van der Waals surface area contributed by atoms with Crippen LogP contribution in [0.3, 0.4) is 0 Å². The number of rotatable bonds is 7. The molecule has 2 N–H and O–H groups in total. The quantitative estimate of drug-likeness (QED) is 0.746. The van der Waals surface area contributed by atoms with Gasteiger partial charge in [0.25, 0.3) is 10.0 Å². The Hall–Kier alpha value is -2.39. The van der Waals surface area contributed by atoms with Gasteiger partial charge in [0.15, 0.2) is 5.82 Å². The zero-order chi connectivity index (χ0) is 19.4. The smallest absolute Gasteiger partial charge is 0.263 e. The number of nitrogens with one attached hydrogen (secondary N) is 2. The van der Waals surface area contributed by atoms with Crippen LogP contribution in [0.5, 0.6) is 5.75 Å². The van der Waals surface area contributed by atoms with Crippen molar-refractivity contribution in [1.29, 1.82) is 0 Å². The van der Waals surface area contributed by atoms with Gasteiger partial charge in [-0.1, -0.05) is 0 Å². The number of hydrogen-bond acceptors (Lipinski definition) is 7. The van der Waals surface area contributed by atoms with Gasteiger partial charge in [-0.15, -0.1) is 10.2 Å². The van der Waals surface area contributed by atoms with Crippen LogP contribution in [0, 0.1) is 13.8 Å². The number of aryl methyl sites for hydroxylation is 2. The molecular formula is C18H24N4O4S. The second-order valence-corrected chi connectivity index (χ2v) is 8.16. The summed E-state index contributed by atoms with van der Waals surface area (Å²) in [6.07, 6.45) is 2.29. The van der Waals surface area contributed by atoms with E-state index >= 15 is 0 Å². The highest BCUT2D eigenvalue weighted by Crippen LogP contribution is 2.26. The summed E-state index contributed by atoms with van der Waals surface area (Å²) >= 11 is 0. The number of benzene rings is 1. The van der Waals surface area contributed by atoms with Gasteiger partial charge < -0.3 is 14.8 Å². The lowest BCUT2D eigenvalue weighted by molar-refractivity contribution is 0.120. The summed E-state index contributed by atoms with van der Waals surface area (Å²) in [4.78, 5) is 0.184. The Balaban J connectivity index is 1.69. The van der Waals surface area contributed by atoms with E-state index in [4.69, 9.17) is 9.47 Å². The second kappa shape index (κ2) is 8.10. The predicted octanol–water partition coefficient (Wildman–Crippen LogP) is 2.49. The van der Waals surface area contributed by atoms with Gasteiger partial charge in [0, 0.05) is 13.2 Å². The summed E-state index contributed by atoms with van der Waals surface area (Å²) in [5.74, 6) is 1.38. The standard InChI is InChI=1S/C18H24N4O4S/c1-12-10-16(13(2)9-15(12)25-3)27(23,24)22-18-7-6-17(20-21-18)19-11-14-5-4-8-26-14/h6-7,9-10,14H,4-5,8,11H2,1-3H3,(H,19,20)(H,21,22). The molecule has 2 heterocycles. The van der Waals surface area contributed by atoms with Gasteiger partial charge in [0.05, 0.1) is 18.1 Å². The molecule has 0 bridgehead atoms. The van der Waals surface area contributed by atoms with Gasteiger partial charge in [0.2, 0.25) is 0 Å². The molecule has 146 valence electrons. The van der Waals surface area contributed by atoms with E-state index < -0.39 is 10.0 Å². The molecule has 8 nitrogen and oxygen atoms in total. The third-order valence-corrected chi connectivity index (χ3v) is 5.92. The van der Waals surface area contributed by atoms with Crippen molar-refractivity contribution in [2.45, 2.75) is 37.7 Å². The average molecular weight is 392 g/mol. The van der Waals surface area contributed by atoms with Crippen LogP contribution < -0.4 is 14.8 Å². The van der Waals surface area contributed by atoms with E-state index in [1.807, 2.05) is 0 Å². The van der Waals surface area contributed by atoms with Gasteiger partial charge in [-0.25, -0.2) is 8.42 Å². The number of anilines is 2. The molecule has 0 spiro atoms. The fraction of sp³-hybridized carbons (Fsp3) is 0.444. The van der Waals surface area contributed by atoms with E-state index in [-0.39, 0.29) is 16.8 Å². The summed E-state index contributed by atoms with van der Waals surface area (Å²) in [5, 5.41) is 11.1. The van der Waals surface area contributed by atoms with E-state index in [9.17, 15) is 8.42 Å². The first-order valence-electron chi connectivity index (χ1n) is 8.76. The van der Waals surface area contributed by atoms with Crippen LogP contribution in [0.1, 0.15) is 24.0 Å². The zero-order valence-electron chi connectivity index (χ0n) is 15.7. The highest BCUT2D eigenvalue weighted by Gasteiger charge is 2.20. The molecule has 1 aliphatic rings. The summed E-state index contributed by atoms with van der Waals surface area (Å²) in [6.45, 7) is 4.97. The first kappa shape index (κ1) is 19.4. The number of sulfonamides is 1. The maximum atomic E-state index is 12.7. The first-order chi connectivity index (χ1) is 12.9. The molecule has 1 atom stereocenters. The van der Waals surface area contributed by atoms with Crippen molar-refractivity contribution in [3.8, 4) is 5.75 Å². The molecule has 1 unspecified atom stereocenters. The average Bonchev–Trinajstić information content (AvgIpc) is 3.16. The molecule has 1 aromatic carbocycles. The van der Waals surface area contributed by atoms with Crippen LogP contribution >= 0.6 is 0 Å². The first-order valence-corrected chi connectivity index (χ1v) is 10.2. The number of ether oxygens (including phenoxy) is 2. The van der Waals surface area contributed by atoms with Crippen LogP contribution in [0.4, 0.5) is 11.6 Å². The topological polar surface area (TPSA) is 102 Å². The summed E-state index contributed by atoms with van der Waals surface area (Å²) in [7, 11) is -2.22. The molecule has 1 fully saturated rings. The monoisotopic (exact) mass is 392 g/mol. The fourth-order valence-corrected chi connectivity index (χ4v) is 4.28. The van der Waals surface area contributed by atoms with Gasteiger partial charge >= 0.3 is 0 Å². The Labute approximate surface area is 159 Å². The molecule has 0 radical (unpaired) electrons. The third kappa shape index (κ3) is 4.67. The van der Waals surface area contributed by atoms with E-state index in [0.717, 1.165) is 25.0 Å². The van der Waals surface area contributed by atoms with E-state index in [1.165, 1.54) is 0 Å². The molecule has 9 heteroatoms. The number of hydrogen-bond donors (Lipinski definition) is 2. The second-order valence-electron chi connectivity index (χ2n) is 6.51. The lowest BCUT2D eigenvalue weighted by Gasteiger charge is -2.13. The van der Waals surface area contributed by atoms with E-state index in [1.54, 1.807) is 45.2 Å². The van der Waals surface area contributed by atoms with Crippen LogP contribution in [0.2, 0.25) is 0 Å². The zero-order valence-corrected chi connectivity index (χ0v) is 16.5. The van der Waals surface area contributed by atoms with Crippen molar-refractivity contribution >= 4 is 21.7 Å². The molecule has 1 aliphatic heterocycles. The van der Waals surface area contributed by atoms with Gasteiger partial charge in [-0.2, -0.15) is 0 Å². The van der Waals surface area contributed by atoms with Crippen molar-refractivity contribution in [3.05, 3.63) is 35.4 Å². The lowest BCUT2D eigenvalue weighted by atomic mass is 10.1. The maximum Gasteiger partial charge on any atom is 0.263 e. The predicted molar refractivity (Wildman–Crippen MR) is 103 cm³/mol. The Morgan fingerprint density at radius 1 is 1.19 bits per heavy atom. The van der Waals surface area contributed by atoms with E-state index in [0.29, 0.717) is 23.7 Å². The Bertz CT molecular complexity index is 894. The third-order valence-electron chi connectivity index (χ3n) is 4.42. The van der Waals surface area contributed by atoms with Crippen molar-refractivity contribution in [2.24, 2.45) is 0 Å². The number of aromatic nitrogens is 2. The van der Waals surface area contributed by atoms with Crippen molar-refractivity contribution in [2.75, 3.05) is 30.3 Å². The molecular weight excluding hydrogens is 368 g/mol. The van der Waals surface area contributed by atoms with Crippen LogP contribution in [-0.4, -0.2) is 45.0 Å². The molecule has 2 aromatic rings. The maximum absolute atomic E-state index is 12.7. The highest BCUT2D eigenvalue weighted by atomic mass is 32.2. The molecule has 1 saturated heterocycles. The van der Waals surface area contributed by atoms with Crippen LogP contribution in [-0.2, 0) is 14.8 Å². The Kier molecular flexibility index (Phi) is 5.81. The Morgan fingerprint density at radius 2 is 1.93 bits per heavy atom. The largest absolute Gasteiger partial charge is 0.496 e. The van der Waals surface area contributed by atoms with Gasteiger partial charge in [-0.05, 0) is 62.1 Å². The van der Waals surface area contributed by atoms with Crippen molar-refractivity contribution in [1.82, 2.24) is 10.2 Å². The summed E-state index contributed by atoms with van der Waals surface area (Å²) < 4.78 is 38.7. The minimum Gasteiger partial charge on any atom is -0.496 e. The molecule has 0 saturated carbocycles. The highest BCUT2D eigenvalue weighted by molar-refractivity contribution is 7.92. The molecule has 27 heavy (non-hydrogen) atoms. The molecule has 1 aromatic heterocycles. The number of methoxy groups -OCH3 is 1. The van der Waals surface area contributed by atoms with Gasteiger partial charge in [-0.3, -0.25) is 4.72 Å². The van der Waals surface area contributed by atoms with E-state index in [2.05, 4.69) is 20.2 Å². The van der Waals surface area contributed by atoms with Gasteiger partial charge in [0.1, 0.15) is 11.6 Å². The normalized spacial score (nSPS) is 16.9. The molecule has 0 aliphatic carbocycles. The molecule has 0 amide bonds. The fourth-order valence-electron chi connectivity index (χ4n) is 2.97. The SMILES string of the molecule is COc1cc(C)c(S(=O)(=O)Nc2ccc(NCC3CCCO3)nn2)cc1C. The van der Waals surface area contributed by atoms with Crippen LogP contribution in [0.15, 0.2) is 29.2 Å². The van der Waals surface area contributed by atoms with Crippen molar-refractivity contribution < 1.29 is 17.9 Å². The molecule has 3 rings (SSSR count). The number of nitrogens with zero attached hydrogens (tertiary/aromatic N) is 2. The van der Waals surface area contributed by atoms with Crippen LogP contribution in [0.25, 0.3) is 0 Å². The summed E-state index contributed by atoms with van der Waals surface area (Å²) in [6, 6.07) is 6.55. The van der Waals surface area contributed by atoms with Crippen molar-refractivity contribution in [3.63, 3.8) is 0 Å². The Morgan fingerprint density at radius 3 is 2.56 bits per heavy atom. The lowest BCUT2D eigenvalue weighted by Crippen LogP contribution is -2.19. The minimum atomic E-state index is -3.78.